The summed E-state index contributed by atoms with van der Waals surface area (Å²) in [6.07, 6.45) is 5.35. The molecule has 2 rings (SSSR count). The van der Waals surface area contributed by atoms with Crippen LogP contribution in [0.15, 0.2) is 48.1 Å². The summed E-state index contributed by atoms with van der Waals surface area (Å²) >= 11 is 0. The van der Waals surface area contributed by atoms with Gasteiger partial charge in [0, 0.05) is 18.1 Å². The Labute approximate surface area is 87.5 Å². The first-order valence-electron chi connectivity index (χ1n) is 4.58. The van der Waals surface area contributed by atoms with E-state index in [0.717, 1.165) is 11.3 Å². The Morgan fingerprint density at radius 3 is 2.60 bits per heavy atom. The molecule has 0 fully saturated rings. The van der Waals surface area contributed by atoms with Crippen LogP contribution < -0.4 is 0 Å². The molecule has 1 N–H and O–H groups in total. The molecule has 2 aromatic rings. The van der Waals surface area contributed by atoms with Gasteiger partial charge in [0.25, 0.3) is 0 Å². The van der Waals surface area contributed by atoms with Crippen molar-refractivity contribution in [2.75, 3.05) is 0 Å². The zero-order chi connectivity index (χ0) is 10.7. The van der Waals surface area contributed by atoms with Gasteiger partial charge in [-0.05, 0) is 24.6 Å². The van der Waals surface area contributed by atoms with Crippen molar-refractivity contribution in [1.29, 1.82) is 0 Å². The van der Waals surface area contributed by atoms with E-state index in [1.807, 2.05) is 35.0 Å². The topological polar surface area (TPSA) is 50.4 Å². The van der Waals surface area contributed by atoms with Crippen molar-refractivity contribution in [3.8, 4) is 5.69 Å². The zero-order valence-electron chi connectivity index (χ0n) is 8.33. The number of aromatic nitrogens is 2. The van der Waals surface area contributed by atoms with Crippen LogP contribution in [-0.2, 0) is 0 Å². The van der Waals surface area contributed by atoms with Crippen LogP contribution in [0.5, 0.6) is 0 Å². The third-order valence-corrected chi connectivity index (χ3v) is 2.24. The second kappa shape index (κ2) is 3.96. The van der Waals surface area contributed by atoms with Crippen LogP contribution in [-0.4, -0.2) is 20.5 Å². The maximum absolute atomic E-state index is 8.61. The molecule has 1 aromatic heterocycles. The highest BCUT2D eigenvalue weighted by Gasteiger charge is 1.98. The fourth-order valence-corrected chi connectivity index (χ4v) is 1.34. The summed E-state index contributed by atoms with van der Waals surface area (Å²) in [5.41, 5.74) is 2.54. The second-order valence-electron chi connectivity index (χ2n) is 3.20. The van der Waals surface area contributed by atoms with Gasteiger partial charge in [-0.2, -0.15) is 0 Å². The van der Waals surface area contributed by atoms with Gasteiger partial charge in [-0.15, -0.1) is 0 Å². The van der Waals surface area contributed by atoms with Gasteiger partial charge in [0.1, 0.15) is 0 Å². The molecule has 4 heteroatoms. The fraction of sp³-hybridized carbons (Fsp3) is 0.0909. The molecule has 0 amide bonds. The van der Waals surface area contributed by atoms with Gasteiger partial charge in [0.05, 0.1) is 12.0 Å². The standard InChI is InChI=1S/C11H11N3O/c1-9(13-15)10-2-4-11(5-3-10)14-7-6-12-8-14/h2-8,15H,1H3/b13-9+. The van der Waals surface area contributed by atoms with E-state index < -0.39 is 0 Å². The van der Waals surface area contributed by atoms with Gasteiger partial charge < -0.3 is 9.77 Å². The molecule has 0 aliphatic rings. The molecule has 0 unspecified atom stereocenters. The SMILES string of the molecule is C/C(=N\O)c1ccc(-n2ccnc2)cc1. The molecule has 0 radical (unpaired) electrons. The number of benzene rings is 1. The first-order chi connectivity index (χ1) is 7.31. The summed E-state index contributed by atoms with van der Waals surface area (Å²) in [7, 11) is 0. The van der Waals surface area contributed by atoms with E-state index in [9.17, 15) is 0 Å². The van der Waals surface area contributed by atoms with Gasteiger partial charge in [-0.1, -0.05) is 17.3 Å². The van der Waals surface area contributed by atoms with Crippen molar-refractivity contribution in [3.63, 3.8) is 0 Å². The lowest BCUT2D eigenvalue weighted by molar-refractivity contribution is 0.319. The van der Waals surface area contributed by atoms with Crippen LogP contribution in [0.2, 0.25) is 0 Å². The van der Waals surface area contributed by atoms with Gasteiger partial charge in [0.15, 0.2) is 0 Å². The molecule has 0 bridgehead atoms. The molecular weight excluding hydrogens is 190 g/mol. The molecule has 0 aliphatic carbocycles. The van der Waals surface area contributed by atoms with Crippen molar-refractivity contribution in [2.45, 2.75) is 6.92 Å². The van der Waals surface area contributed by atoms with E-state index in [4.69, 9.17) is 5.21 Å². The minimum Gasteiger partial charge on any atom is -0.411 e. The lowest BCUT2D eigenvalue weighted by atomic mass is 10.1. The van der Waals surface area contributed by atoms with Crippen molar-refractivity contribution in [2.24, 2.45) is 5.16 Å². The number of nitrogens with zero attached hydrogens (tertiary/aromatic N) is 3. The Morgan fingerprint density at radius 2 is 2.07 bits per heavy atom. The summed E-state index contributed by atoms with van der Waals surface area (Å²) in [5, 5.41) is 11.8. The number of imidazole rings is 1. The molecule has 0 atom stereocenters. The van der Waals surface area contributed by atoms with Crippen LogP contribution in [0.4, 0.5) is 0 Å². The highest BCUT2D eigenvalue weighted by atomic mass is 16.4. The highest BCUT2D eigenvalue weighted by molar-refractivity contribution is 5.98. The number of oxime groups is 1. The van der Waals surface area contributed by atoms with Gasteiger partial charge in [0.2, 0.25) is 0 Å². The third kappa shape index (κ3) is 1.88. The predicted molar refractivity (Wildman–Crippen MR) is 57.6 cm³/mol. The van der Waals surface area contributed by atoms with E-state index in [2.05, 4.69) is 10.1 Å². The molecule has 76 valence electrons. The maximum atomic E-state index is 8.61. The van der Waals surface area contributed by atoms with Crippen molar-refractivity contribution >= 4 is 5.71 Å². The number of rotatable bonds is 2. The van der Waals surface area contributed by atoms with E-state index >= 15 is 0 Å². The lowest BCUT2D eigenvalue weighted by Crippen LogP contribution is -1.95. The van der Waals surface area contributed by atoms with Crippen LogP contribution in [0.25, 0.3) is 5.69 Å². The summed E-state index contributed by atoms with van der Waals surface area (Å²) in [6.45, 7) is 1.76. The van der Waals surface area contributed by atoms with E-state index in [1.54, 1.807) is 19.4 Å². The van der Waals surface area contributed by atoms with Crippen LogP contribution in [0, 0.1) is 0 Å². The van der Waals surface area contributed by atoms with Crippen molar-refractivity contribution in [1.82, 2.24) is 9.55 Å². The molecular formula is C11H11N3O. The Morgan fingerprint density at radius 1 is 1.33 bits per heavy atom. The van der Waals surface area contributed by atoms with Crippen molar-refractivity contribution < 1.29 is 5.21 Å². The van der Waals surface area contributed by atoms with Crippen LogP contribution >= 0.6 is 0 Å². The molecule has 1 aromatic carbocycles. The fourth-order valence-electron chi connectivity index (χ4n) is 1.34. The molecule has 0 saturated carbocycles. The Bertz CT molecular complexity index is 457. The molecule has 0 saturated heterocycles. The van der Waals surface area contributed by atoms with Crippen molar-refractivity contribution in [3.05, 3.63) is 48.5 Å². The van der Waals surface area contributed by atoms with Crippen LogP contribution in [0.1, 0.15) is 12.5 Å². The van der Waals surface area contributed by atoms with E-state index in [1.165, 1.54) is 0 Å². The Balaban J connectivity index is 2.33. The highest BCUT2D eigenvalue weighted by Crippen LogP contribution is 2.09. The average Bonchev–Trinajstić information content (AvgIpc) is 2.82. The Hall–Kier alpha value is -2.10. The zero-order valence-corrected chi connectivity index (χ0v) is 8.33. The molecule has 1 heterocycles. The summed E-state index contributed by atoms with van der Waals surface area (Å²) in [6, 6.07) is 7.71. The normalized spacial score (nSPS) is 11.7. The summed E-state index contributed by atoms with van der Waals surface area (Å²) < 4.78 is 1.91. The summed E-state index contributed by atoms with van der Waals surface area (Å²) in [4.78, 5) is 3.97. The summed E-state index contributed by atoms with van der Waals surface area (Å²) in [5.74, 6) is 0. The largest absolute Gasteiger partial charge is 0.411 e. The quantitative estimate of drug-likeness (QED) is 0.459. The predicted octanol–water partition coefficient (Wildman–Crippen LogP) is 2.07. The maximum Gasteiger partial charge on any atom is 0.0991 e. The lowest BCUT2D eigenvalue weighted by Gasteiger charge is -2.03. The van der Waals surface area contributed by atoms with Gasteiger partial charge >= 0.3 is 0 Å². The minimum absolute atomic E-state index is 0.604. The second-order valence-corrected chi connectivity index (χ2v) is 3.20. The monoisotopic (exact) mass is 201 g/mol. The van der Waals surface area contributed by atoms with E-state index in [-0.39, 0.29) is 0 Å². The van der Waals surface area contributed by atoms with Gasteiger partial charge in [-0.25, -0.2) is 4.98 Å². The number of hydrogen-bond acceptors (Lipinski definition) is 3. The first kappa shape index (κ1) is 9.45. The van der Waals surface area contributed by atoms with Gasteiger partial charge in [-0.3, -0.25) is 0 Å². The van der Waals surface area contributed by atoms with Crippen LogP contribution in [0.3, 0.4) is 0 Å². The minimum atomic E-state index is 0.604. The molecule has 0 aliphatic heterocycles. The molecule has 15 heavy (non-hydrogen) atoms. The molecule has 4 nitrogen and oxygen atoms in total. The Kier molecular flexibility index (Phi) is 2.49. The third-order valence-electron chi connectivity index (χ3n) is 2.24. The molecule has 0 spiro atoms. The van der Waals surface area contributed by atoms with E-state index in [0.29, 0.717) is 5.71 Å². The first-order valence-corrected chi connectivity index (χ1v) is 4.58. The number of hydrogen-bond donors (Lipinski definition) is 1. The smallest absolute Gasteiger partial charge is 0.0991 e. The average molecular weight is 201 g/mol.